The monoisotopic (exact) mass is 287 g/mol. The van der Waals surface area contributed by atoms with Crippen LogP contribution in [0.4, 0.5) is 5.69 Å². The minimum Gasteiger partial charge on any atom is -0.462 e. The zero-order valence-electron chi connectivity index (χ0n) is 8.82. The van der Waals surface area contributed by atoms with E-state index < -0.39 is 10.9 Å². The lowest BCUT2D eigenvalue weighted by Gasteiger charge is -2.07. The van der Waals surface area contributed by atoms with Gasteiger partial charge in [0, 0.05) is 0 Å². The standard InChI is InChI=1S/C10H10BrNO4/c1-3-16-10(13)8-6(2)4-5-7(11)9(8)12(14)15/h4-5H,3H2,1-2H3. The van der Waals surface area contributed by atoms with Crippen LogP contribution in [0.15, 0.2) is 16.6 Å². The number of rotatable bonds is 3. The van der Waals surface area contributed by atoms with Crippen LogP contribution in [0.2, 0.25) is 0 Å². The highest BCUT2D eigenvalue weighted by atomic mass is 79.9. The predicted octanol–water partition coefficient (Wildman–Crippen LogP) is 2.84. The van der Waals surface area contributed by atoms with Crippen LogP contribution < -0.4 is 0 Å². The molecule has 0 saturated heterocycles. The maximum absolute atomic E-state index is 11.6. The number of halogens is 1. The lowest BCUT2D eigenvalue weighted by molar-refractivity contribution is -0.386. The zero-order chi connectivity index (χ0) is 12.3. The van der Waals surface area contributed by atoms with Crippen molar-refractivity contribution in [3.63, 3.8) is 0 Å². The SMILES string of the molecule is CCOC(=O)c1c(C)ccc(Br)c1[N+](=O)[O-]. The number of carbonyl (C=O) groups is 1. The molecule has 16 heavy (non-hydrogen) atoms. The van der Waals surface area contributed by atoms with Crippen LogP contribution in [0.1, 0.15) is 22.8 Å². The average Bonchev–Trinajstić information content (AvgIpc) is 2.20. The van der Waals surface area contributed by atoms with Gasteiger partial charge in [0.2, 0.25) is 0 Å². The quantitative estimate of drug-likeness (QED) is 0.487. The molecule has 0 radical (unpaired) electrons. The Hall–Kier alpha value is -1.43. The molecular formula is C10H10BrNO4. The molecule has 0 bridgehead atoms. The third kappa shape index (κ3) is 2.38. The summed E-state index contributed by atoms with van der Waals surface area (Å²) in [6, 6.07) is 3.17. The molecule has 0 aliphatic heterocycles. The van der Waals surface area contributed by atoms with Crippen LogP contribution in [0.5, 0.6) is 0 Å². The summed E-state index contributed by atoms with van der Waals surface area (Å²) in [5.74, 6) is -0.673. The van der Waals surface area contributed by atoms with Crippen molar-refractivity contribution < 1.29 is 14.5 Å². The highest BCUT2D eigenvalue weighted by molar-refractivity contribution is 9.10. The molecule has 0 spiro atoms. The summed E-state index contributed by atoms with van der Waals surface area (Å²) >= 11 is 3.05. The Labute approximate surface area is 101 Å². The van der Waals surface area contributed by atoms with E-state index in [1.165, 1.54) is 6.07 Å². The number of hydrogen-bond acceptors (Lipinski definition) is 4. The summed E-state index contributed by atoms with van der Waals surface area (Å²) in [5, 5.41) is 10.9. The van der Waals surface area contributed by atoms with Crippen molar-refractivity contribution in [2.24, 2.45) is 0 Å². The van der Waals surface area contributed by atoms with Gasteiger partial charge in [-0.15, -0.1) is 0 Å². The van der Waals surface area contributed by atoms with Gasteiger partial charge in [0.25, 0.3) is 5.69 Å². The Kier molecular flexibility index (Phi) is 4.00. The molecule has 0 aliphatic carbocycles. The largest absolute Gasteiger partial charge is 0.462 e. The van der Waals surface area contributed by atoms with Crippen molar-refractivity contribution in [3.05, 3.63) is 37.8 Å². The van der Waals surface area contributed by atoms with E-state index in [1.807, 2.05) is 0 Å². The van der Waals surface area contributed by atoms with E-state index in [0.717, 1.165) is 0 Å². The Morgan fingerprint density at radius 2 is 2.19 bits per heavy atom. The summed E-state index contributed by atoms with van der Waals surface area (Å²) in [6.45, 7) is 3.46. The molecule has 0 N–H and O–H groups in total. The van der Waals surface area contributed by atoms with E-state index in [9.17, 15) is 14.9 Å². The molecule has 0 aromatic heterocycles. The van der Waals surface area contributed by atoms with Crippen LogP contribution in [0.3, 0.4) is 0 Å². The molecule has 0 heterocycles. The molecule has 0 aliphatic rings. The van der Waals surface area contributed by atoms with Gasteiger partial charge >= 0.3 is 5.97 Å². The first-order chi connectivity index (χ1) is 7.49. The molecule has 1 aromatic rings. The summed E-state index contributed by atoms with van der Waals surface area (Å²) in [4.78, 5) is 21.9. The maximum Gasteiger partial charge on any atom is 0.345 e. The van der Waals surface area contributed by atoms with E-state index in [1.54, 1.807) is 19.9 Å². The fourth-order valence-electron chi connectivity index (χ4n) is 1.31. The van der Waals surface area contributed by atoms with Gasteiger partial charge in [0.15, 0.2) is 0 Å². The molecule has 1 aromatic carbocycles. The number of carbonyl (C=O) groups excluding carboxylic acids is 1. The van der Waals surface area contributed by atoms with Crippen molar-refractivity contribution in [1.82, 2.24) is 0 Å². The smallest absolute Gasteiger partial charge is 0.345 e. The third-order valence-corrected chi connectivity index (χ3v) is 2.64. The summed E-state index contributed by atoms with van der Waals surface area (Å²) in [5.41, 5.74) is 0.271. The van der Waals surface area contributed by atoms with Crippen LogP contribution >= 0.6 is 15.9 Å². The second-order valence-corrected chi connectivity index (χ2v) is 3.92. The van der Waals surface area contributed by atoms with Crippen molar-refractivity contribution >= 4 is 27.6 Å². The second kappa shape index (κ2) is 5.07. The first-order valence-electron chi connectivity index (χ1n) is 4.59. The maximum atomic E-state index is 11.6. The molecule has 0 atom stereocenters. The number of ether oxygens (including phenoxy) is 1. The number of nitro groups is 1. The first kappa shape index (κ1) is 12.6. The first-order valence-corrected chi connectivity index (χ1v) is 5.39. The average molecular weight is 288 g/mol. The molecule has 1 rings (SSSR count). The number of benzene rings is 1. The van der Waals surface area contributed by atoms with Crippen LogP contribution in [-0.4, -0.2) is 17.5 Å². The topological polar surface area (TPSA) is 69.4 Å². The Morgan fingerprint density at radius 3 is 2.69 bits per heavy atom. The van der Waals surface area contributed by atoms with E-state index >= 15 is 0 Å². The lowest BCUT2D eigenvalue weighted by Crippen LogP contribution is -2.10. The summed E-state index contributed by atoms with van der Waals surface area (Å²) in [7, 11) is 0. The third-order valence-electron chi connectivity index (χ3n) is 2.00. The summed E-state index contributed by atoms with van der Waals surface area (Å²) in [6.07, 6.45) is 0. The number of aryl methyl sites for hydroxylation is 1. The number of hydrogen-bond donors (Lipinski definition) is 0. The highest BCUT2D eigenvalue weighted by Crippen LogP contribution is 2.31. The van der Waals surface area contributed by atoms with Gasteiger partial charge in [-0.25, -0.2) is 4.79 Å². The van der Waals surface area contributed by atoms with Crippen molar-refractivity contribution in [3.8, 4) is 0 Å². The van der Waals surface area contributed by atoms with Gasteiger partial charge in [0.05, 0.1) is 16.0 Å². The fourth-order valence-corrected chi connectivity index (χ4v) is 1.78. The van der Waals surface area contributed by atoms with Gasteiger partial charge in [-0.3, -0.25) is 10.1 Å². The molecule has 0 unspecified atom stereocenters. The Morgan fingerprint density at radius 1 is 1.56 bits per heavy atom. The van der Waals surface area contributed by atoms with Crippen LogP contribution in [-0.2, 0) is 4.74 Å². The zero-order valence-corrected chi connectivity index (χ0v) is 10.4. The van der Waals surface area contributed by atoms with Crippen LogP contribution in [0.25, 0.3) is 0 Å². The molecule has 6 heteroatoms. The van der Waals surface area contributed by atoms with E-state index in [0.29, 0.717) is 5.56 Å². The Bertz CT molecular complexity index is 445. The predicted molar refractivity (Wildman–Crippen MR) is 61.5 cm³/mol. The lowest BCUT2D eigenvalue weighted by atomic mass is 10.1. The molecule has 86 valence electrons. The van der Waals surface area contributed by atoms with Gasteiger partial charge in [-0.1, -0.05) is 6.07 Å². The van der Waals surface area contributed by atoms with Crippen molar-refractivity contribution in [2.45, 2.75) is 13.8 Å². The van der Waals surface area contributed by atoms with Gasteiger partial charge in [-0.2, -0.15) is 0 Å². The van der Waals surface area contributed by atoms with Gasteiger partial charge < -0.3 is 4.74 Å². The summed E-state index contributed by atoms with van der Waals surface area (Å²) < 4.78 is 5.06. The van der Waals surface area contributed by atoms with E-state index in [-0.39, 0.29) is 22.3 Å². The number of nitro benzene ring substituents is 1. The molecule has 0 fully saturated rings. The normalized spacial score (nSPS) is 9.94. The molecule has 5 nitrogen and oxygen atoms in total. The second-order valence-electron chi connectivity index (χ2n) is 3.07. The van der Waals surface area contributed by atoms with Gasteiger partial charge in [0.1, 0.15) is 5.56 Å². The highest BCUT2D eigenvalue weighted by Gasteiger charge is 2.26. The van der Waals surface area contributed by atoms with E-state index in [2.05, 4.69) is 15.9 Å². The number of esters is 1. The molecule has 0 saturated carbocycles. The van der Waals surface area contributed by atoms with Crippen molar-refractivity contribution in [1.29, 1.82) is 0 Å². The molecular weight excluding hydrogens is 278 g/mol. The van der Waals surface area contributed by atoms with Crippen LogP contribution in [0, 0.1) is 17.0 Å². The Balaban J connectivity index is 3.40. The van der Waals surface area contributed by atoms with E-state index in [4.69, 9.17) is 4.74 Å². The minimum atomic E-state index is -0.673. The minimum absolute atomic E-state index is 0.00113. The molecule has 0 amide bonds. The number of nitrogens with zero attached hydrogens (tertiary/aromatic N) is 1. The van der Waals surface area contributed by atoms with Gasteiger partial charge in [-0.05, 0) is 41.4 Å². The van der Waals surface area contributed by atoms with Crippen molar-refractivity contribution in [2.75, 3.05) is 6.61 Å². The fraction of sp³-hybridized carbons (Fsp3) is 0.300.